The van der Waals surface area contributed by atoms with Gasteiger partial charge in [0.1, 0.15) is 0 Å². The molecular weight excluding hydrogens is 336 g/mol. The highest BCUT2D eigenvalue weighted by Crippen LogP contribution is 2.56. The van der Waals surface area contributed by atoms with Gasteiger partial charge in [-0.2, -0.15) is 0 Å². The van der Waals surface area contributed by atoms with Crippen molar-refractivity contribution in [3.05, 3.63) is 34.9 Å². The zero-order valence-electron chi connectivity index (χ0n) is 17.2. The molecule has 4 nitrogen and oxygen atoms in total. The Morgan fingerprint density at radius 3 is 2.41 bits per heavy atom. The molecule has 2 heterocycles. The molecule has 4 heteroatoms. The predicted octanol–water partition coefficient (Wildman–Crippen LogP) is 4.41. The molecule has 1 aromatic rings. The van der Waals surface area contributed by atoms with E-state index in [1.807, 2.05) is 6.07 Å². The quantitative estimate of drug-likeness (QED) is 0.689. The average Bonchev–Trinajstić information content (AvgIpc) is 2.64. The number of piperidine rings is 2. The number of carbonyl (C=O) groups is 2. The summed E-state index contributed by atoms with van der Waals surface area (Å²) in [5.41, 5.74) is 3.38. The molecule has 2 fully saturated rings. The first-order chi connectivity index (χ1) is 12.8. The van der Waals surface area contributed by atoms with Gasteiger partial charge in [0.05, 0.1) is 0 Å². The van der Waals surface area contributed by atoms with Gasteiger partial charge in [0, 0.05) is 36.7 Å². The van der Waals surface area contributed by atoms with Crippen molar-refractivity contribution in [3.8, 4) is 0 Å². The third kappa shape index (κ3) is 2.71. The second-order valence-electron chi connectivity index (χ2n) is 9.48. The van der Waals surface area contributed by atoms with Gasteiger partial charge in [0.25, 0.3) is 0 Å². The van der Waals surface area contributed by atoms with E-state index in [1.54, 1.807) is 6.92 Å². The first kappa shape index (κ1) is 18.5. The first-order valence-corrected chi connectivity index (χ1v) is 10.5. The molecule has 1 aliphatic carbocycles. The first-order valence-electron chi connectivity index (χ1n) is 10.5. The number of ketones is 1. The van der Waals surface area contributed by atoms with Crippen molar-refractivity contribution in [2.75, 3.05) is 19.6 Å². The second kappa shape index (κ2) is 6.35. The zero-order chi connectivity index (χ0) is 19.4. The van der Waals surface area contributed by atoms with E-state index in [9.17, 15) is 9.59 Å². The molecule has 0 aromatic heterocycles. The molecule has 3 aliphatic rings. The van der Waals surface area contributed by atoms with Crippen LogP contribution in [0.15, 0.2) is 18.2 Å². The fraction of sp³-hybridized carbons (Fsp3) is 0.652. The minimum absolute atomic E-state index is 0.0185. The molecule has 2 aliphatic heterocycles. The summed E-state index contributed by atoms with van der Waals surface area (Å²) in [6.45, 7) is 11.2. The van der Waals surface area contributed by atoms with Gasteiger partial charge < -0.3 is 9.80 Å². The van der Waals surface area contributed by atoms with Crippen LogP contribution in [-0.2, 0) is 11.8 Å². The van der Waals surface area contributed by atoms with Crippen molar-refractivity contribution in [1.29, 1.82) is 0 Å². The number of rotatable bonds is 1. The highest BCUT2D eigenvalue weighted by atomic mass is 16.2. The summed E-state index contributed by atoms with van der Waals surface area (Å²) in [6, 6.07) is 6.65. The highest BCUT2D eigenvalue weighted by Gasteiger charge is 2.57. The zero-order valence-corrected chi connectivity index (χ0v) is 17.2. The number of fused-ring (bicyclic) bond motifs is 4. The molecule has 4 rings (SSSR count). The molecule has 2 atom stereocenters. The molecule has 2 amide bonds. The Balaban J connectivity index is 1.71. The minimum atomic E-state index is -0.0287. The largest absolute Gasteiger partial charge is 0.325 e. The Bertz CT molecular complexity index is 779. The van der Waals surface area contributed by atoms with E-state index >= 15 is 0 Å². The summed E-state index contributed by atoms with van der Waals surface area (Å²) in [5, 5.41) is 0. The van der Waals surface area contributed by atoms with Crippen LogP contribution < -0.4 is 0 Å². The number of carbonyl (C=O) groups excluding carboxylic acids is 2. The molecule has 2 saturated heterocycles. The van der Waals surface area contributed by atoms with Gasteiger partial charge in [-0.1, -0.05) is 32.9 Å². The summed E-state index contributed by atoms with van der Waals surface area (Å²) in [5.74, 6) is 0.124. The van der Waals surface area contributed by atoms with E-state index in [4.69, 9.17) is 0 Å². The van der Waals surface area contributed by atoms with Crippen molar-refractivity contribution in [1.82, 2.24) is 9.80 Å². The Morgan fingerprint density at radius 1 is 1.04 bits per heavy atom. The monoisotopic (exact) mass is 368 g/mol. The minimum Gasteiger partial charge on any atom is -0.325 e. The van der Waals surface area contributed by atoms with Crippen LogP contribution in [0.1, 0.15) is 74.9 Å². The highest BCUT2D eigenvalue weighted by molar-refractivity contribution is 5.94. The molecule has 1 aromatic carbocycles. The predicted molar refractivity (Wildman–Crippen MR) is 107 cm³/mol. The van der Waals surface area contributed by atoms with Crippen molar-refractivity contribution < 1.29 is 9.59 Å². The van der Waals surface area contributed by atoms with E-state index in [0.717, 1.165) is 50.9 Å². The summed E-state index contributed by atoms with van der Waals surface area (Å²) in [6.07, 6.45) is 5.33. The number of benzene rings is 1. The average molecular weight is 369 g/mol. The summed E-state index contributed by atoms with van der Waals surface area (Å²) < 4.78 is 0. The SMILES string of the molecule is CC(=O)c1ccc2c(c1)[C@]1(C)CCN(C(=O)N3CCCCC3)[C@H](C2)C1(C)C. The number of amides is 2. The van der Waals surface area contributed by atoms with Crippen LogP contribution in [0, 0.1) is 5.41 Å². The normalized spacial score (nSPS) is 29.3. The molecule has 0 spiro atoms. The molecular formula is C23H32N2O2. The van der Waals surface area contributed by atoms with E-state index < -0.39 is 0 Å². The number of hydrogen-bond donors (Lipinski definition) is 0. The fourth-order valence-electron chi connectivity index (χ4n) is 5.62. The van der Waals surface area contributed by atoms with Crippen LogP contribution in [0.2, 0.25) is 0 Å². The Morgan fingerprint density at radius 2 is 1.74 bits per heavy atom. The van der Waals surface area contributed by atoms with E-state index in [0.29, 0.717) is 0 Å². The van der Waals surface area contributed by atoms with Gasteiger partial charge in [0.2, 0.25) is 0 Å². The molecule has 146 valence electrons. The Hall–Kier alpha value is -1.84. The lowest BCUT2D eigenvalue weighted by Crippen LogP contribution is -2.66. The lowest BCUT2D eigenvalue weighted by Gasteiger charge is -2.61. The number of nitrogens with zero attached hydrogens (tertiary/aromatic N) is 2. The van der Waals surface area contributed by atoms with Crippen LogP contribution in [0.25, 0.3) is 0 Å². The van der Waals surface area contributed by atoms with Crippen LogP contribution in [0.4, 0.5) is 4.79 Å². The maximum absolute atomic E-state index is 13.3. The van der Waals surface area contributed by atoms with Crippen LogP contribution in [0.3, 0.4) is 0 Å². The number of hydrogen-bond acceptors (Lipinski definition) is 2. The van der Waals surface area contributed by atoms with Crippen LogP contribution in [0.5, 0.6) is 0 Å². The van der Waals surface area contributed by atoms with Gasteiger partial charge in [-0.3, -0.25) is 4.79 Å². The Labute approximate surface area is 162 Å². The smallest absolute Gasteiger partial charge is 0.320 e. The molecule has 0 radical (unpaired) electrons. The molecule has 27 heavy (non-hydrogen) atoms. The van der Waals surface area contributed by atoms with Crippen molar-refractivity contribution in [2.45, 2.75) is 71.3 Å². The summed E-state index contributed by atoms with van der Waals surface area (Å²) >= 11 is 0. The van der Waals surface area contributed by atoms with Crippen molar-refractivity contribution in [3.63, 3.8) is 0 Å². The lowest BCUT2D eigenvalue weighted by molar-refractivity contribution is -0.0242. The van der Waals surface area contributed by atoms with Crippen LogP contribution >= 0.6 is 0 Å². The topological polar surface area (TPSA) is 40.6 Å². The van der Waals surface area contributed by atoms with Gasteiger partial charge in [-0.15, -0.1) is 0 Å². The molecule has 0 saturated carbocycles. The third-order valence-electron chi connectivity index (χ3n) is 7.88. The lowest BCUT2D eigenvalue weighted by atomic mass is 9.51. The maximum atomic E-state index is 13.3. The summed E-state index contributed by atoms with van der Waals surface area (Å²) in [4.78, 5) is 29.5. The van der Waals surface area contributed by atoms with E-state index in [2.05, 4.69) is 42.7 Å². The van der Waals surface area contributed by atoms with Crippen molar-refractivity contribution >= 4 is 11.8 Å². The van der Waals surface area contributed by atoms with Gasteiger partial charge in [-0.25, -0.2) is 4.79 Å². The standard InChI is InChI=1S/C23H32N2O2/c1-16(26)17-8-9-18-15-20-22(2,3)23(4,19(18)14-17)10-13-25(20)21(27)24-11-6-5-7-12-24/h8-9,14,20H,5-7,10-13,15H2,1-4H3/t20-,23+/m1/s1. The fourth-order valence-corrected chi connectivity index (χ4v) is 5.62. The molecule has 2 bridgehead atoms. The molecule has 0 unspecified atom stereocenters. The third-order valence-corrected chi connectivity index (χ3v) is 7.88. The van der Waals surface area contributed by atoms with Crippen molar-refractivity contribution in [2.24, 2.45) is 5.41 Å². The molecule has 0 N–H and O–H groups in total. The second-order valence-corrected chi connectivity index (χ2v) is 9.48. The van der Waals surface area contributed by atoms with Crippen LogP contribution in [-0.4, -0.2) is 47.3 Å². The van der Waals surface area contributed by atoms with E-state index in [1.165, 1.54) is 17.5 Å². The van der Waals surface area contributed by atoms with Gasteiger partial charge >= 0.3 is 6.03 Å². The van der Waals surface area contributed by atoms with Gasteiger partial charge in [-0.05, 0) is 61.6 Å². The maximum Gasteiger partial charge on any atom is 0.320 e. The van der Waals surface area contributed by atoms with Gasteiger partial charge in [0.15, 0.2) is 5.78 Å². The number of urea groups is 1. The number of Topliss-reactive ketones (excluding diaryl/α,β-unsaturated/α-hetero) is 1. The summed E-state index contributed by atoms with van der Waals surface area (Å²) in [7, 11) is 0. The Kier molecular flexibility index (Phi) is 4.36. The number of likely N-dealkylation sites (tertiary alicyclic amines) is 2. The van der Waals surface area contributed by atoms with E-state index in [-0.39, 0.29) is 28.7 Å².